The average molecular weight is 358 g/mol. The Morgan fingerprint density at radius 2 is 1.92 bits per heavy atom. The largest absolute Gasteiger partial charge is 0.396 e. The molecule has 6 nitrogen and oxygen atoms in total. The van der Waals surface area contributed by atoms with Gasteiger partial charge in [0.25, 0.3) is 0 Å². The summed E-state index contributed by atoms with van der Waals surface area (Å²) >= 11 is 0. The number of halogens is 2. The molecule has 26 heavy (non-hydrogen) atoms. The lowest BCUT2D eigenvalue weighted by Crippen LogP contribution is -2.39. The van der Waals surface area contributed by atoms with Crippen molar-refractivity contribution in [2.24, 2.45) is 5.73 Å². The summed E-state index contributed by atoms with van der Waals surface area (Å²) in [6.45, 7) is 0. The number of nitrogens with zero attached hydrogens (tertiary/aromatic N) is 4. The maximum atomic E-state index is 14.6. The van der Waals surface area contributed by atoms with Crippen LogP contribution in [0.5, 0.6) is 0 Å². The molecule has 0 unspecified atom stereocenters. The zero-order valence-corrected chi connectivity index (χ0v) is 14.1. The van der Waals surface area contributed by atoms with Crippen LogP contribution in [0.4, 0.5) is 26.0 Å². The minimum absolute atomic E-state index is 0.0426. The predicted molar refractivity (Wildman–Crippen MR) is 96.1 cm³/mol. The average Bonchev–Trinajstić information content (AvgIpc) is 3.10. The van der Waals surface area contributed by atoms with Crippen molar-refractivity contribution in [3.05, 3.63) is 48.3 Å². The van der Waals surface area contributed by atoms with E-state index in [1.165, 1.54) is 6.07 Å². The van der Waals surface area contributed by atoms with E-state index < -0.39 is 11.6 Å². The molecule has 2 aromatic heterocycles. The van der Waals surface area contributed by atoms with Crippen LogP contribution < -0.4 is 16.4 Å². The van der Waals surface area contributed by atoms with Crippen LogP contribution in [0.15, 0.2) is 36.7 Å². The van der Waals surface area contributed by atoms with Gasteiger partial charge in [-0.1, -0.05) is 6.07 Å². The van der Waals surface area contributed by atoms with Crippen molar-refractivity contribution in [3.8, 4) is 0 Å². The van der Waals surface area contributed by atoms with Gasteiger partial charge in [-0.3, -0.25) is 0 Å². The third kappa shape index (κ3) is 2.86. The molecule has 136 valence electrons. The number of nitrogens with two attached hydrogens (primary N) is 2. The Labute approximate surface area is 149 Å². The monoisotopic (exact) mass is 358 g/mol. The lowest BCUT2D eigenvalue weighted by atomic mass is 9.90. The Hall–Kier alpha value is -2.74. The first kappa shape index (κ1) is 16.7. The van der Waals surface area contributed by atoms with Gasteiger partial charge in [0, 0.05) is 30.5 Å². The van der Waals surface area contributed by atoms with E-state index in [2.05, 4.69) is 10.1 Å². The SMILES string of the molecule is Nc1cc(N(c2cccc(F)c2F)C2CCC(N)CC2)nn2ccnc12. The molecule has 0 radical (unpaired) electrons. The molecule has 1 aliphatic rings. The van der Waals surface area contributed by atoms with E-state index in [0.717, 1.165) is 31.7 Å². The lowest BCUT2D eigenvalue weighted by molar-refractivity contribution is 0.386. The number of benzene rings is 1. The molecule has 2 heterocycles. The predicted octanol–water partition coefficient (Wildman–Crippen LogP) is 3.00. The van der Waals surface area contributed by atoms with Gasteiger partial charge in [0.1, 0.15) is 0 Å². The van der Waals surface area contributed by atoms with Crippen LogP contribution in [0.1, 0.15) is 25.7 Å². The number of nitrogen functional groups attached to an aromatic ring is 1. The van der Waals surface area contributed by atoms with Crippen molar-refractivity contribution in [2.45, 2.75) is 37.8 Å². The fourth-order valence-corrected chi connectivity index (χ4v) is 3.59. The summed E-state index contributed by atoms with van der Waals surface area (Å²) in [5, 5.41) is 4.52. The first-order chi connectivity index (χ1) is 12.5. The maximum absolute atomic E-state index is 14.6. The van der Waals surface area contributed by atoms with Crippen LogP contribution in [0.2, 0.25) is 0 Å². The van der Waals surface area contributed by atoms with Crippen LogP contribution in [-0.2, 0) is 0 Å². The highest BCUT2D eigenvalue weighted by atomic mass is 19.2. The molecule has 0 aliphatic heterocycles. The summed E-state index contributed by atoms with van der Waals surface area (Å²) in [6, 6.07) is 5.91. The first-order valence-electron chi connectivity index (χ1n) is 8.63. The van der Waals surface area contributed by atoms with Gasteiger partial charge < -0.3 is 16.4 Å². The smallest absolute Gasteiger partial charge is 0.182 e. The summed E-state index contributed by atoms with van der Waals surface area (Å²) < 4.78 is 30.0. The van der Waals surface area contributed by atoms with E-state index in [-0.39, 0.29) is 17.8 Å². The summed E-state index contributed by atoms with van der Waals surface area (Å²) in [6.07, 6.45) is 6.43. The van der Waals surface area contributed by atoms with Crippen LogP contribution >= 0.6 is 0 Å². The lowest BCUT2D eigenvalue weighted by Gasteiger charge is -2.37. The topological polar surface area (TPSA) is 85.5 Å². The molecule has 4 N–H and O–H groups in total. The molecule has 0 bridgehead atoms. The van der Waals surface area contributed by atoms with Crippen LogP contribution in [0.25, 0.3) is 5.65 Å². The van der Waals surface area contributed by atoms with E-state index in [0.29, 0.717) is 17.2 Å². The molecule has 1 saturated carbocycles. The third-order valence-electron chi connectivity index (χ3n) is 4.92. The molecular formula is C18H20F2N6. The first-order valence-corrected chi connectivity index (χ1v) is 8.63. The minimum atomic E-state index is -0.895. The third-order valence-corrected chi connectivity index (χ3v) is 4.92. The van der Waals surface area contributed by atoms with Crippen molar-refractivity contribution in [3.63, 3.8) is 0 Å². The fourth-order valence-electron chi connectivity index (χ4n) is 3.59. The molecule has 0 saturated heterocycles. The second-order valence-electron chi connectivity index (χ2n) is 6.66. The van der Waals surface area contributed by atoms with Gasteiger partial charge in [-0.05, 0) is 37.8 Å². The Bertz CT molecular complexity index is 933. The molecule has 0 amide bonds. The number of imidazole rings is 1. The summed E-state index contributed by atoms with van der Waals surface area (Å²) in [5.74, 6) is -1.33. The van der Waals surface area contributed by atoms with E-state index in [9.17, 15) is 8.78 Å². The number of rotatable bonds is 3. The van der Waals surface area contributed by atoms with E-state index in [1.807, 2.05) is 0 Å². The molecule has 4 rings (SSSR count). The standard InChI is InChI=1S/C18H20F2N6/c19-13-2-1-3-15(17(13)20)26(12-6-4-11(21)5-7-12)16-10-14(22)18-23-8-9-25(18)24-16/h1-3,8-12H,4-7,21-22H2. The van der Waals surface area contributed by atoms with E-state index >= 15 is 0 Å². The maximum Gasteiger partial charge on any atom is 0.182 e. The highest BCUT2D eigenvalue weighted by Crippen LogP contribution is 2.36. The van der Waals surface area contributed by atoms with Gasteiger partial charge >= 0.3 is 0 Å². The van der Waals surface area contributed by atoms with Gasteiger partial charge in [0.15, 0.2) is 23.1 Å². The van der Waals surface area contributed by atoms with Crippen molar-refractivity contribution in [1.82, 2.24) is 14.6 Å². The Balaban J connectivity index is 1.85. The van der Waals surface area contributed by atoms with Crippen molar-refractivity contribution < 1.29 is 8.78 Å². The van der Waals surface area contributed by atoms with Gasteiger partial charge in [-0.15, -0.1) is 5.10 Å². The number of anilines is 3. The number of fused-ring (bicyclic) bond motifs is 1. The summed E-state index contributed by atoms with van der Waals surface area (Å²) in [7, 11) is 0. The zero-order valence-electron chi connectivity index (χ0n) is 14.1. The van der Waals surface area contributed by atoms with Crippen LogP contribution in [-0.4, -0.2) is 26.7 Å². The number of hydrogen-bond acceptors (Lipinski definition) is 5. The molecule has 1 aliphatic carbocycles. The number of hydrogen-bond donors (Lipinski definition) is 2. The summed E-state index contributed by atoms with van der Waals surface area (Å²) in [5.41, 5.74) is 13.2. The molecule has 8 heteroatoms. The summed E-state index contributed by atoms with van der Waals surface area (Å²) in [4.78, 5) is 5.89. The molecular weight excluding hydrogens is 338 g/mol. The van der Waals surface area contributed by atoms with E-state index in [1.54, 1.807) is 33.9 Å². The normalized spacial score (nSPS) is 20.4. The van der Waals surface area contributed by atoms with Crippen LogP contribution in [0, 0.1) is 11.6 Å². The highest BCUT2D eigenvalue weighted by molar-refractivity contribution is 5.71. The Morgan fingerprint density at radius 3 is 2.69 bits per heavy atom. The second-order valence-corrected chi connectivity index (χ2v) is 6.66. The molecule has 3 aromatic rings. The Morgan fingerprint density at radius 1 is 1.15 bits per heavy atom. The van der Waals surface area contributed by atoms with Crippen molar-refractivity contribution >= 4 is 22.8 Å². The molecule has 1 aromatic carbocycles. The van der Waals surface area contributed by atoms with Crippen LogP contribution in [0.3, 0.4) is 0 Å². The molecule has 1 fully saturated rings. The molecule has 0 atom stereocenters. The number of aromatic nitrogens is 3. The van der Waals surface area contributed by atoms with Gasteiger partial charge in [-0.2, -0.15) is 0 Å². The molecule has 0 spiro atoms. The minimum Gasteiger partial charge on any atom is -0.396 e. The fraction of sp³-hybridized carbons (Fsp3) is 0.333. The quantitative estimate of drug-likeness (QED) is 0.752. The highest BCUT2D eigenvalue weighted by Gasteiger charge is 2.29. The Kier molecular flexibility index (Phi) is 4.20. The second kappa shape index (κ2) is 6.53. The van der Waals surface area contributed by atoms with E-state index in [4.69, 9.17) is 11.5 Å². The van der Waals surface area contributed by atoms with Gasteiger partial charge in [0.05, 0.1) is 11.4 Å². The van der Waals surface area contributed by atoms with Crippen molar-refractivity contribution in [1.29, 1.82) is 0 Å². The van der Waals surface area contributed by atoms with Crippen molar-refractivity contribution in [2.75, 3.05) is 10.6 Å². The van der Waals surface area contributed by atoms with Gasteiger partial charge in [0.2, 0.25) is 0 Å². The zero-order chi connectivity index (χ0) is 18.3. The van der Waals surface area contributed by atoms with Gasteiger partial charge in [-0.25, -0.2) is 18.3 Å².